The summed E-state index contributed by atoms with van der Waals surface area (Å²) in [5, 5.41) is 3.60. The highest BCUT2D eigenvalue weighted by molar-refractivity contribution is 5.59. The van der Waals surface area contributed by atoms with Crippen LogP contribution in [0.1, 0.15) is 64.9 Å². The van der Waals surface area contributed by atoms with E-state index in [1.54, 1.807) is 7.11 Å². The second-order valence-corrected chi connectivity index (χ2v) is 7.38. The SMILES string of the molecule is COc1ccc(C(C)(C)C)cc1NCCC1CCCCC1. The van der Waals surface area contributed by atoms with Crippen molar-refractivity contribution in [1.29, 1.82) is 0 Å². The first-order valence-corrected chi connectivity index (χ1v) is 8.43. The van der Waals surface area contributed by atoms with Crippen molar-refractivity contribution in [1.82, 2.24) is 0 Å². The van der Waals surface area contributed by atoms with Crippen molar-refractivity contribution in [3.05, 3.63) is 23.8 Å². The van der Waals surface area contributed by atoms with Crippen molar-refractivity contribution < 1.29 is 4.74 Å². The molecule has 0 unspecified atom stereocenters. The van der Waals surface area contributed by atoms with Crippen molar-refractivity contribution in [3.63, 3.8) is 0 Å². The van der Waals surface area contributed by atoms with Gasteiger partial charge in [0.25, 0.3) is 0 Å². The third-order valence-corrected chi connectivity index (χ3v) is 4.66. The van der Waals surface area contributed by atoms with Crippen LogP contribution in [0.5, 0.6) is 5.75 Å². The van der Waals surface area contributed by atoms with E-state index in [1.807, 2.05) is 0 Å². The number of benzene rings is 1. The van der Waals surface area contributed by atoms with E-state index in [4.69, 9.17) is 4.74 Å². The molecule has 1 aliphatic rings. The summed E-state index contributed by atoms with van der Waals surface area (Å²) in [5.74, 6) is 1.87. The van der Waals surface area contributed by atoms with Crippen molar-refractivity contribution >= 4 is 5.69 Å². The second-order valence-electron chi connectivity index (χ2n) is 7.38. The summed E-state index contributed by atoms with van der Waals surface area (Å²) in [6.45, 7) is 7.80. The lowest BCUT2D eigenvalue weighted by molar-refractivity contribution is 0.345. The lowest BCUT2D eigenvalue weighted by Gasteiger charge is -2.23. The van der Waals surface area contributed by atoms with Gasteiger partial charge in [-0.3, -0.25) is 0 Å². The van der Waals surface area contributed by atoms with Crippen LogP contribution in [0, 0.1) is 5.92 Å². The molecule has 1 saturated carbocycles. The Kier molecular flexibility index (Phi) is 5.55. The summed E-state index contributed by atoms with van der Waals surface area (Å²) in [6.07, 6.45) is 8.40. The molecule has 0 amide bonds. The van der Waals surface area contributed by atoms with E-state index in [2.05, 4.69) is 44.3 Å². The topological polar surface area (TPSA) is 21.3 Å². The molecular weight excluding hydrogens is 258 g/mol. The number of hydrogen-bond donors (Lipinski definition) is 1. The van der Waals surface area contributed by atoms with Crippen LogP contribution in [-0.4, -0.2) is 13.7 Å². The Morgan fingerprint density at radius 2 is 1.86 bits per heavy atom. The zero-order valence-corrected chi connectivity index (χ0v) is 14.2. The Balaban J connectivity index is 1.96. The van der Waals surface area contributed by atoms with Crippen molar-refractivity contribution in [2.75, 3.05) is 19.0 Å². The van der Waals surface area contributed by atoms with Crippen LogP contribution >= 0.6 is 0 Å². The molecule has 0 radical (unpaired) electrons. The van der Waals surface area contributed by atoms with E-state index in [9.17, 15) is 0 Å². The number of hydrogen-bond acceptors (Lipinski definition) is 2. The highest BCUT2D eigenvalue weighted by Crippen LogP contribution is 2.32. The van der Waals surface area contributed by atoms with Crippen molar-refractivity contribution in [3.8, 4) is 5.75 Å². The van der Waals surface area contributed by atoms with Crippen LogP contribution in [0.25, 0.3) is 0 Å². The molecule has 1 aromatic rings. The molecule has 0 aliphatic heterocycles. The molecule has 0 heterocycles. The minimum atomic E-state index is 0.173. The summed E-state index contributed by atoms with van der Waals surface area (Å²) in [7, 11) is 1.75. The Labute approximate surface area is 130 Å². The molecule has 1 aliphatic carbocycles. The molecule has 2 nitrogen and oxygen atoms in total. The highest BCUT2D eigenvalue weighted by atomic mass is 16.5. The molecule has 21 heavy (non-hydrogen) atoms. The minimum Gasteiger partial charge on any atom is -0.495 e. The fourth-order valence-corrected chi connectivity index (χ4v) is 3.20. The van der Waals surface area contributed by atoms with Crippen LogP contribution in [0.3, 0.4) is 0 Å². The van der Waals surface area contributed by atoms with Gasteiger partial charge in [0.15, 0.2) is 0 Å². The molecule has 2 rings (SSSR count). The summed E-state index contributed by atoms with van der Waals surface area (Å²) < 4.78 is 5.49. The quantitative estimate of drug-likeness (QED) is 0.786. The molecular formula is C19H31NO. The van der Waals surface area contributed by atoms with E-state index in [0.29, 0.717) is 0 Å². The molecule has 1 aromatic carbocycles. The number of nitrogens with one attached hydrogen (secondary N) is 1. The number of methoxy groups -OCH3 is 1. The average Bonchev–Trinajstić information content (AvgIpc) is 2.47. The lowest BCUT2D eigenvalue weighted by atomic mass is 9.86. The Morgan fingerprint density at radius 1 is 1.14 bits per heavy atom. The summed E-state index contributed by atoms with van der Waals surface area (Å²) in [4.78, 5) is 0. The molecule has 0 bridgehead atoms. The molecule has 2 heteroatoms. The maximum atomic E-state index is 5.49. The zero-order valence-electron chi connectivity index (χ0n) is 14.2. The number of rotatable bonds is 5. The Morgan fingerprint density at radius 3 is 2.48 bits per heavy atom. The fraction of sp³-hybridized carbons (Fsp3) is 0.684. The standard InChI is InChI=1S/C19H31NO/c1-19(2,3)16-10-11-18(21-4)17(14-16)20-13-12-15-8-6-5-7-9-15/h10-11,14-15,20H,5-9,12-13H2,1-4H3. The second kappa shape index (κ2) is 7.20. The van der Waals surface area contributed by atoms with Gasteiger partial charge in [-0.25, -0.2) is 0 Å². The van der Waals surface area contributed by atoms with Crippen LogP contribution < -0.4 is 10.1 Å². The molecule has 0 aromatic heterocycles. The van der Waals surface area contributed by atoms with Crippen LogP contribution in [0.4, 0.5) is 5.69 Å². The van der Waals surface area contributed by atoms with Gasteiger partial charge in [-0.05, 0) is 35.4 Å². The molecule has 118 valence electrons. The van der Waals surface area contributed by atoms with E-state index < -0.39 is 0 Å². The van der Waals surface area contributed by atoms with Gasteiger partial charge in [0.2, 0.25) is 0 Å². The van der Waals surface area contributed by atoms with Gasteiger partial charge in [-0.2, -0.15) is 0 Å². The normalized spacial score (nSPS) is 16.8. The Bertz CT molecular complexity index is 441. The van der Waals surface area contributed by atoms with Crippen molar-refractivity contribution in [2.24, 2.45) is 5.92 Å². The van der Waals surface area contributed by atoms with Gasteiger partial charge in [0, 0.05) is 6.54 Å². The summed E-state index contributed by atoms with van der Waals surface area (Å²) in [6, 6.07) is 6.51. The van der Waals surface area contributed by atoms with Gasteiger partial charge in [0.05, 0.1) is 12.8 Å². The molecule has 0 spiro atoms. The fourth-order valence-electron chi connectivity index (χ4n) is 3.20. The Hall–Kier alpha value is -1.18. The van der Waals surface area contributed by atoms with E-state index >= 15 is 0 Å². The maximum absolute atomic E-state index is 5.49. The van der Waals surface area contributed by atoms with Crippen molar-refractivity contribution in [2.45, 2.75) is 64.7 Å². The average molecular weight is 289 g/mol. The first-order valence-electron chi connectivity index (χ1n) is 8.43. The van der Waals surface area contributed by atoms with Gasteiger partial charge >= 0.3 is 0 Å². The predicted molar refractivity (Wildman–Crippen MR) is 91.4 cm³/mol. The molecule has 0 atom stereocenters. The molecule has 0 saturated heterocycles. The number of anilines is 1. The third kappa shape index (κ3) is 4.66. The monoisotopic (exact) mass is 289 g/mol. The molecule has 1 N–H and O–H groups in total. The van der Waals surface area contributed by atoms with Crippen LogP contribution in [-0.2, 0) is 5.41 Å². The van der Waals surface area contributed by atoms with Gasteiger partial charge in [0.1, 0.15) is 5.75 Å². The van der Waals surface area contributed by atoms with Gasteiger partial charge < -0.3 is 10.1 Å². The van der Waals surface area contributed by atoms with Gasteiger partial charge in [-0.1, -0.05) is 58.9 Å². The summed E-state index contributed by atoms with van der Waals surface area (Å²) in [5.41, 5.74) is 2.66. The summed E-state index contributed by atoms with van der Waals surface area (Å²) >= 11 is 0. The van der Waals surface area contributed by atoms with E-state index in [0.717, 1.165) is 23.9 Å². The van der Waals surface area contributed by atoms with E-state index in [1.165, 1.54) is 44.1 Å². The first-order chi connectivity index (χ1) is 10.0. The third-order valence-electron chi connectivity index (χ3n) is 4.66. The minimum absolute atomic E-state index is 0.173. The lowest BCUT2D eigenvalue weighted by Crippen LogP contribution is -2.14. The highest BCUT2D eigenvalue weighted by Gasteiger charge is 2.16. The van der Waals surface area contributed by atoms with Gasteiger partial charge in [-0.15, -0.1) is 0 Å². The van der Waals surface area contributed by atoms with Crippen LogP contribution in [0.2, 0.25) is 0 Å². The largest absolute Gasteiger partial charge is 0.495 e. The predicted octanol–water partition coefficient (Wildman–Crippen LogP) is 5.38. The number of ether oxygens (including phenoxy) is 1. The van der Waals surface area contributed by atoms with E-state index in [-0.39, 0.29) is 5.41 Å². The maximum Gasteiger partial charge on any atom is 0.141 e. The first kappa shape index (κ1) is 16.2. The smallest absolute Gasteiger partial charge is 0.141 e. The molecule has 1 fully saturated rings. The van der Waals surface area contributed by atoms with Crippen LogP contribution in [0.15, 0.2) is 18.2 Å². The zero-order chi connectivity index (χ0) is 15.3.